The first-order valence-electron chi connectivity index (χ1n) is 8.38. The van der Waals surface area contributed by atoms with Crippen LogP contribution in [0.15, 0.2) is 79.0 Å². The van der Waals surface area contributed by atoms with Crippen LogP contribution in [0.2, 0.25) is 0 Å². The van der Waals surface area contributed by atoms with Gasteiger partial charge in [-0.2, -0.15) is 0 Å². The lowest BCUT2D eigenvalue weighted by Gasteiger charge is -2.23. The smallest absolute Gasteiger partial charge is 0.239 e. The molecule has 3 rings (SSSR count). The molecule has 5 nitrogen and oxygen atoms in total. The van der Waals surface area contributed by atoms with E-state index in [1.165, 1.54) is 28.6 Å². The van der Waals surface area contributed by atoms with E-state index in [0.29, 0.717) is 11.6 Å². The van der Waals surface area contributed by atoms with E-state index < -0.39 is 10.0 Å². The monoisotopic (exact) mass is 386 g/mol. The number of nitrogens with zero attached hydrogens (tertiary/aromatic N) is 2. The molecule has 2 aromatic carbocycles. The highest BCUT2D eigenvalue weighted by molar-refractivity contribution is 7.92. The minimum atomic E-state index is -3.68. The topological polar surface area (TPSA) is 59.5 Å². The van der Waals surface area contributed by atoms with Crippen molar-refractivity contribution in [2.24, 2.45) is 0 Å². The van der Waals surface area contributed by atoms with Crippen molar-refractivity contribution in [2.45, 2.75) is 6.54 Å². The van der Waals surface area contributed by atoms with Gasteiger partial charge in [-0.15, -0.1) is 0 Å². The Morgan fingerprint density at radius 3 is 2.30 bits per heavy atom. The molecular formula is C20H19FN2O3S. The third-order valence-electron chi connectivity index (χ3n) is 3.83. The zero-order chi connectivity index (χ0) is 19.1. The maximum absolute atomic E-state index is 12.9. The van der Waals surface area contributed by atoms with E-state index in [1.54, 1.807) is 24.4 Å². The standard InChI is InChI=1S/C20H19FN2O3S/c21-18-9-11-19(12-10-18)26-14-15-27(24,25)23(20-8-4-5-13-22-20)16-17-6-2-1-3-7-17/h1-13H,14-16H2. The number of pyridine rings is 1. The fraction of sp³-hybridized carbons (Fsp3) is 0.150. The van der Waals surface area contributed by atoms with E-state index >= 15 is 0 Å². The molecule has 3 aromatic rings. The van der Waals surface area contributed by atoms with Gasteiger partial charge in [-0.1, -0.05) is 36.4 Å². The molecule has 0 N–H and O–H groups in total. The van der Waals surface area contributed by atoms with Crippen molar-refractivity contribution in [1.82, 2.24) is 4.98 Å². The SMILES string of the molecule is O=S(=O)(CCOc1ccc(F)cc1)N(Cc1ccccc1)c1ccccn1. The first-order chi connectivity index (χ1) is 13.0. The van der Waals surface area contributed by atoms with Crippen molar-refractivity contribution in [3.05, 3.63) is 90.4 Å². The summed E-state index contributed by atoms with van der Waals surface area (Å²) in [5.74, 6) is 0.162. The highest BCUT2D eigenvalue weighted by Gasteiger charge is 2.24. The van der Waals surface area contributed by atoms with Gasteiger partial charge in [0.2, 0.25) is 10.0 Å². The van der Waals surface area contributed by atoms with Crippen molar-refractivity contribution in [3.63, 3.8) is 0 Å². The summed E-state index contributed by atoms with van der Waals surface area (Å²) in [5.41, 5.74) is 0.853. The number of halogens is 1. The highest BCUT2D eigenvalue weighted by Crippen LogP contribution is 2.19. The number of anilines is 1. The molecule has 0 spiro atoms. The lowest BCUT2D eigenvalue weighted by atomic mass is 10.2. The number of rotatable bonds is 8. The summed E-state index contributed by atoms with van der Waals surface area (Å²) in [6, 6.07) is 19.9. The Labute approximate surface area is 158 Å². The second kappa shape index (κ2) is 8.64. The molecule has 0 saturated heterocycles. The van der Waals surface area contributed by atoms with Crippen LogP contribution >= 0.6 is 0 Å². The summed E-state index contributed by atoms with van der Waals surface area (Å²) in [5, 5.41) is 0. The lowest BCUT2D eigenvalue weighted by molar-refractivity contribution is 0.340. The molecule has 0 aliphatic heterocycles. The molecule has 7 heteroatoms. The molecule has 0 radical (unpaired) electrons. The van der Waals surface area contributed by atoms with Gasteiger partial charge in [0.25, 0.3) is 0 Å². The molecule has 0 aliphatic rings. The molecule has 0 amide bonds. The number of benzene rings is 2. The first-order valence-corrected chi connectivity index (χ1v) is 9.99. The van der Waals surface area contributed by atoms with Gasteiger partial charge >= 0.3 is 0 Å². The Hall–Kier alpha value is -2.93. The van der Waals surface area contributed by atoms with Gasteiger partial charge < -0.3 is 4.74 Å². The average Bonchev–Trinajstić information content (AvgIpc) is 2.69. The van der Waals surface area contributed by atoms with Crippen molar-refractivity contribution < 1.29 is 17.5 Å². The second-order valence-corrected chi connectivity index (χ2v) is 7.81. The van der Waals surface area contributed by atoms with E-state index in [1.807, 2.05) is 30.3 Å². The number of hydrogen-bond donors (Lipinski definition) is 0. The van der Waals surface area contributed by atoms with Gasteiger partial charge in [0.15, 0.2) is 0 Å². The zero-order valence-corrected chi connectivity index (χ0v) is 15.3. The Morgan fingerprint density at radius 1 is 0.926 bits per heavy atom. The third kappa shape index (κ3) is 5.27. The van der Waals surface area contributed by atoms with Gasteiger partial charge in [-0.05, 0) is 42.0 Å². The van der Waals surface area contributed by atoms with Gasteiger partial charge in [0.1, 0.15) is 29.7 Å². The molecule has 1 heterocycles. The van der Waals surface area contributed by atoms with E-state index in [9.17, 15) is 12.8 Å². The third-order valence-corrected chi connectivity index (χ3v) is 5.50. The van der Waals surface area contributed by atoms with Crippen LogP contribution in [-0.4, -0.2) is 25.8 Å². The van der Waals surface area contributed by atoms with Crippen LogP contribution in [0.5, 0.6) is 5.75 Å². The van der Waals surface area contributed by atoms with Crippen LogP contribution in [0.3, 0.4) is 0 Å². The molecule has 0 saturated carbocycles. The van der Waals surface area contributed by atoms with Crippen molar-refractivity contribution >= 4 is 15.8 Å². The van der Waals surface area contributed by atoms with Crippen LogP contribution in [0.4, 0.5) is 10.2 Å². The van der Waals surface area contributed by atoms with Crippen LogP contribution in [0.25, 0.3) is 0 Å². The lowest BCUT2D eigenvalue weighted by Crippen LogP contribution is -2.35. The van der Waals surface area contributed by atoms with E-state index in [-0.39, 0.29) is 24.7 Å². The molecule has 27 heavy (non-hydrogen) atoms. The molecule has 140 valence electrons. The molecule has 0 bridgehead atoms. The van der Waals surface area contributed by atoms with Crippen LogP contribution in [0.1, 0.15) is 5.56 Å². The fourth-order valence-corrected chi connectivity index (χ4v) is 3.73. The summed E-state index contributed by atoms with van der Waals surface area (Å²) in [4.78, 5) is 4.18. The van der Waals surface area contributed by atoms with E-state index in [2.05, 4.69) is 4.98 Å². The normalized spacial score (nSPS) is 11.1. The van der Waals surface area contributed by atoms with Crippen molar-refractivity contribution in [1.29, 1.82) is 0 Å². The van der Waals surface area contributed by atoms with E-state index in [4.69, 9.17) is 4.74 Å². The molecule has 1 aromatic heterocycles. The van der Waals surface area contributed by atoms with Gasteiger partial charge in [0.05, 0.1) is 6.54 Å². The van der Waals surface area contributed by atoms with E-state index in [0.717, 1.165) is 5.56 Å². The summed E-state index contributed by atoms with van der Waals surface area (Å²) < 4.78 is 45.5. The average molecular weight is 386 g/mol. The van der Waals surface area contributed by atoms with Gasteiger partial charge in [-0.3, -0.25) is 0 Å². The Kier molecular flexibility index (Phi) is 6.03. The maximum Gasteiger partial charge on any atom is 0.239 e. The Bertz CT molecular complexity index is 950. The minimum Gasteiger partial charge on any atom is -0.492 e. The quantitative estimate of drug-likeness (QED) is 0.593. The van der Waals surface area contributed by atoms with Gasteiger partial charge in [0, 0.05) is 6.20 Å². The highest BCUT2D eigenvalue weighted by atomic mass is 32.2. The van der Waals surface area contributed by atoms with Crippen LogP contribution in [-0.2, 0) is 16.6 Å². The zero-order valence-electron chi connectivity index (χ0n) is 14.5. The van der Waals surface area contributed by atoms with Gasteiger partial charge in [-0.25, -0.2) is 22.1 Å². The fourth-order valence-electron chi connectivity index (χ4n) is 2.48. The van der Waals surface area contributed by atoms with Crippen LogP contribution in [0, 0.1) is 5.82 Å². The molecule has 0 aliphatic carbocycles. The Balaban J connectivity index is 1.74. The molecular weight excluding hydrogens is 367 g/mol. The summed E-state index contributed by atoms with van der Waals surface area (Å²) in [6.07, 6.45) is 1.55. The number of sulfonamides is 1. The predicted octanol–water partition coefficient (Wildman–Crippen LogP) is 3.64. The largest absolute Gasteiger partial charge is 0.492 e. The minimum absolute atomic E-state index is 0.0495. The molecule has 0 atom stereocenters. The molecule has 0 fully saturated rings. The maximum atomic E-state index is 12.9. The van der Waals surface area contributed by atoms with Crippen molar-refractivity contribution in [3.8, 4) is 5.75 Å². The number of hydrogen-bond acceptors (Lipinski definition) is 4. The Morgan fingerprint density at radius 2 is 1.63 bits per heavy atom. The second-order valence-electron chi connectivity index (χ2n) is 5.80. The predicted molar refractivity (Wildman–Crippen MR) is 103 cm³/mol. The van der Waals surface area contributed by atoms with Crippen molar-refractivity contribution in [2.75, 3.05) is 16.7 Å². The summed E-state index contributed by atoms with van der Waals surface area (Å²) >= 11 is 0. The number of aromatic nitrogens is 1. The number of ether oxygens (including phenoxy) is 1. The summed E-state index contributed by atoms with van der Waals surface area (Å²) in [7, 11) is -3.68. The molecule has 0 unspecified atom stereocenters. The van der Waals surface area contributed by atoms with Crippen LogP contribution < -0.4 is 9.04 Å². The first kappa shape index (κ1) is 18.8. The summed E-state index contributed by atoms with van der Waals surface area (Å²) in [6.45, 7) is 0.128.